The average molecular weight is 214 g/mol. The van der Waals surface area contributed by atoms with Crippen molar-refractivity contribution in [3.8, 4) is 0 Å². The number of nitrogens with one attached hydrogen (secondary N) is 1. The lowest BCUT2D eigenvalue weighted by atomic mass is 10.2. The highest BCUT2D eigenvalue weighted by molar-refractivity contribution is 8.00. The van der Waals surface area contributed by atoms with Crippen molar-refractivity contribution in [1.29, 1.82) is 0 Å². The number of carbonyl (C=O) groups is 1. The number of thioether (sulfide) groups is 1. The number of nitrogens with two attached hydrogens (primary N) is 1. The second-order valence-corrected chi connectivity index (χ2v) is 4.62. The number of hydrogen-bond donors (Lipinski definition) is 2. The van der Waals surface area contributed by atoms with Crippen LogP contribution in [0, 0.1) is 0 Å². The highest BCUT2D eigenvalue weighted by Crippen LogP contribution is 2.24. The summed E-state index contributed by atoms with van der Waals surface area (Å²) in [6.45, 7) is 1.14. The highest BCUT2D eigenvalue weighted by Gasteiger charge is 2.20. The van der Waals surface area contributed by atoms with Crippen molar-refractivity contribution in [1.82, 2.24) is 5.32 Å². The molecular weight excluding hydrogens is 196 g/mol. The van der Waals surface area contributed by atoms with E-state index in [2.05, 4.69) is 5.32 Å². The molecule has 1 amide bonds. The molecule has 0 bridgehead atoms. The second-order valence-electron chi connectivity index (χ2n) is 3.31. The van der Waals surface area contributed by atoms with E-state index in [0.29, 0.717) is 13.1 Å². The fraction of sp³-hybridized carbons (Fsp3) is 0.700. The van der Waals surface area contributed by atoms with E-state index in [9.17, 15) is 4.79 Å². The lowest BCUT2D eigenvalue weighted by Crippen LogP contribution is -2.34. The van der Waals surface area contributed by atoms with Gasteiger partial charge in [-0.3, -0.25) is 4.79 Å². The fourth-order valence-electron chi connectivity index (χ4n) is 1.40. The van der Waals surface area contributed by atoms with Crippen LogP contribution in [0.1, 0.15) is 19.3 Å². The van der Waals surface area contributed by atoms with E-state index < -0.39 is 0 Å². The van der Waals surface area contributed by atoms with Crippen LogP contribution < -0.4 is 11.1 Å². The van der Waals surface area contributed by atoms with Crippen LogP contribution in [0.4, 0.5) is 0 Å². The van der Waals surface area contributed by atoms with Crippen LogP contribution in [0.2, 0.25) is 0 Å². The smallest absolute Gasteiger partial charge is 0.233 e. The van der Waals surface area contributed by atoms with Gasteiger partial charge in [-0.1, -0.05) is 18.6 Å². The van der Waals surface area contributed by atoms with Crippen LogP contribution in [0.5, 0.6) is 0 Å². The van der Waals surface area contributed by atoms with Crippen molar-refractivity contribution in [3.05, 3.63) is 12.2 Å². The van der Waals surface area contributed by atoms with Gasteiger partial charge in [0.05, 0.1) is 5.25 Å². The van der Waals surface area contributed by atoms with Gasteiger partial charge in [0.25, 0.3) is 0 Å². The summed E-state index contributed by atoms with van der Waals surface area (Å²) in [5.41, 5.74) is 5.28. The van der Waals surface area contributed by atoms with Gasteiger partial charge in [-0.25, -0.2) is 0 Å². The molecule has 0 saturated carbocycles. The van der Waals surface area contributed by atoms with Crippen molar-refractivity contribution in [3.63, 3.8) is 0 Å². The Kier molecular flexibility index (Phi) is 5.71. The Morgan fingerprint density at radius 1 is 1.50 bits per heavy atom. The summed E-state index contributed by atoms with van der Waals surface area (Å²) < 4.78 is 0. The van der Waals surface area contributed by atoms with Gasteiger partial charge in [-0.2, -0.15) is 0 Å². The minimum absolute atomic E-state index is 0.176. The summed E-state index contributed by atoms with van der Waals surface area (Å²) >= 11 is 1.77. The van der Waals surface area contributed by atoms with Gasteiger partial charge in [0, 0.05) is 13.1 Å². The van der Waals surface area contributed by atoms with Crippen molar-refractivity contribution in [2.24, 2.45) is 5.73 Å². The van der Waals surface area contributed by atoms with Crippen LogP contribution in [0.15, 0.2) is 12.2 Å². The molecule has 0 aromatic rings. The van der Waals surface area contributed by atoms with E-state index in [1.54, 1.807) is 11.8 Å². The van der Waals surface area contributed by atoms with Gasteiger partial charge in [0.15, 0.2) is 0 Å². The Hall–Kier alpha value is -0.480. The van der Waals surface area contributed by atoms with E-state index in [1.807, 2.05) is 12.2 Å². The largest absolute Gasteiger partial charge is 0.352 e. The van der Waals surface area contributed by atoms with Crippen LogP contribution in [-0.4, -0.2) is 30.0 Å². The minimum atomic E-state index is 0.176. The molecule has 3 N–H and O–H groups in total. The van der Waals surface area contributed by atoms with Crippen molar-refractivity contribution in [2.45, 2.75) is 24.5 Å². The first-order chi connectivity index (χ1) is 6.84. The molecule has 1 unspecified atom stereocenters. The van der Waals surface area contributed by atoms with Gasteiger partial charge in [-0.15, -0.1) is 11.8 Å². The standard InChI is InChI=1S/C10H18N2OS/c11-6-2-3-7-12-10(13)9-5-1-4-8-14-9/h2-3,9H,1,4-8,11H2,(H,12,13)/b3-2+. The number of rotatable bonds is 4. The normalized spacial score (nSPS) is 22.5. The first kappa shape index (κ1) is 11.6. The van der Waals surface area contributed by atoms with E-state index >= 15 is 0 Å². The molecule has 0 aromatic carbocycles. The monoisotopic (exact) mass is 214 g/mol. The number of hydrogen-bond acceptors (Lipinski definition) is 3. The van der Waals surface area contributed by atoms with Crippen LogP contribution >= 0.6 is 11.8 Å². The van der Waals surface area contributed by atoms with E-state index in [-0.39, 0.29) is 11.2 Å². The van der Waals surface area contributed by atoms with E-state index in [4.69, 9.17) is 5.73 Å². The SMILES string of the molecule is NC/C=C/CNC(=O)C1CCCCS1. The summed E-state index contributed by atoms with van der Waals surface area (Å²) in [4.78, 5) is 11.6. The maximum absolute atomic E-state index is 11.6. The van der Waals surface area contributed by atoms with Gasteiger partial charge in [0.1, 0.15) is 0 Å². The van der Waals surface area contributed by atoms with Crippen LogP contribution in [0.3, 0.4) is 0 Å². The van der Waals surface area contributed by atoms with Crippen LogP contribution in [-0.2, 0) is 4.79 Å². The van der Waals surface area contributed by atoms with Gasteiger partial charge >= 0.3 is 0 Å². The highest BCUT2D eigenvalue weighted by atomic mass is 32.2. The fourth-order valence-corrected chi connectivity index (χ4v) is 2.62. The third-order valence-electron chi connectivity index (χ3n) is 2.17. The van der Waals surface area contributed by atoms with Gasteiger partial charge in [-0.05, 0) is 18.6 Å². The molecule has 0 radical (unpaired) electrons. The van der Waals surface area contributed by atoms with Crippen LogP contribution in [0.25, 0.3) is 0 Å². The Labute approximate surface area is 89.5 Å². The van der Waals surface area contributed by atoms with Crippen molar-refractivity contribution < 1.29 is 4.79 Å². The Balaban J connectivity index is 2.16. The molecule has 1 atom stereocenters. The summed E-state index contributed by atoms with van der Waals surface area (Å²) in [6.07, 6.45) is 7.21. The summed E-state index contributed by atoms with van der Waals surface area (Å²) in [7, 11) is 0. The van der Waals surface area contributed by atoms with Gasteiger partial charge < -0.3 is 11.1 Å². The molecule has 3 nitrogen and oxygen atoms in total. The zero-order chi connectivity index (χ0) is 10.2. The Morgan fingerprint density at radius 3 is 3.00 bits per heavy atom. The zero-order valence-electron chi connectivity index (χ0n) is 8.37. The molecule has 0 aliphatic carbocycles. The summed E-state index contributed by atoms with van der Waals surface area (Å²) in [6, 6.07) is 0. The number of carbonyl (C=O) groups excluding carboxylic acids is 1. The third kappa shape index (κ3) is 4.15. The summed E-state index contributed by atoms with van der Waals surface area (Å²) in [5.74, 6) is 1.30. The molecule has 1 aliphatic heterocycles. The Bertz CT molecular complexity index is 200. The molecule has 1 aliphatic rings. The Morgan fingerprint density at radius 2 is 2.36 bits per heavy atom. The molecule has 4 heteroatoms. The molecular formula is C10H18N2OS. The van der Waals surface area contributed by atoms with Crippen molar-refractivity contribution in [2.75, 3.05) is 18.8 Å². The molecule has 14 heavy (non-hydrogen) atoms. The molecule has 0 aromatic heterocycles. The maximum Gasteiger partial charge on any atom is 0.233 e. The molecule has 1 heterocycles. The third-order valence-corrected chi connectivity index (χ3v) is 3.55. The zero-order valence-corrected chi connectivity index (χ0v) is 9.19. The first-order valence-electron chi connectivity index (χ1n) is 5.09. The second kappa shape index (κ2) is 6.90. The molecule has 0 spiro atoms. The molecule has 1 fully saturated rings. The van der Waals surface area contributed by atoms with Crippen molar-refractivity contribution >= 4 is 17.7 Å². The lowest BCUT2D eigenvalue weighted by molar-refractivity contribution is -0.120. The lowest BCUT2D eigenvalue weighted by Gasteiger charge is -2.19. The summed E-state index contributed by atoms with van der Waals surface area (Å²) in [5, 5.41) is 3.06. The molecule has 1 saturated heterocycles. The minimum Gasteiger partial charge on any atom is -0.352 e. The molecule has 1 rings (SSSR count). The number of amides is 1. The van der Waals surface area contributed by atoms with Gasteiger partial charge in [0.2, 0.25) is 5.91 Å². The predicted octanol–water partition coefficient (Wildman–Crippen LogP) is 0.903. The predicted molar refractivity (Wildman–Crippen MR) is 61.3 cm³/mol. The molecule has 80 valence electrons. The maximum atomic E-state index is 11.6. The average Bonchev–Trinajstić information content (AvgIpc) is 2.25. The quantitative estimate of drug-likeness (QED) is 0.684. The van der Waals surface area contributed by atoms with E-state index in [1.165, 1.54) is 12.8 Å². The topological polar surface area (TPSA) is 55.1 Å². The first-order valence-corrected chi connectivity index (χ1v) is 6.14. The van der Waals surface area contributed by atoms with E-state index in [0.717, 1.165) is 12.2 Å².